The van der Waals surface area contributed by atoms with Crippen LogP contribution in [0.5, 0.6) is 0 Å². The van der Waals surface area contributed by atoms with E-state index in [2.05, 4.69) is 19.2 Å². The van der Waals surface area contributed by atoms with Gasteiger partial charge >= 0.3 is 0 Å². The Kier molecular flexibility index (Phi) is 67.6. The van der Waals surface area contributed by atoms with Gasteiger partial charge in [-0.05, 0) is 19.3 Å². The Morgan fingerprint density at radius 1 is 0.303 bits per heavy atom. The average molecular weight is 1070 g/mol. The number of aliphatic hydroxyl groups is 2. The second-order valence-electron chi connectivity index (χ2n) is 25.0. The summed E-state index contributed by atoms with van der Waals surface area (Å²) in [5, 5.41) is 23.3. The first-order valence-electron chi connectivity index (χ1n) is 35.9. The summed E-state index contributed by atoms with van der Waals surface area (Å²) >= 11 is 0. The Labute approximate surface area is 479 Å². The zero-order chi connectivity index (χ0) is 54.8. The van der Waals surface area contributed by atoms with Crippen LogP contribution in [0.25, 0.3) is 0 Å². The van der Waals surface area contributed by atoms with E-state index in [0.29, 0.717) is 6.42 Å². The van der Waals surface area contributed by atoms with Crippen molar-refractivity contribution in [2.24, 2.45) is 0 Å². The van der Waals surface area contributed by atoms with Crippen LogP contribution in [-0.4, -0.2) is 34.9 Å². The number of allylic oxidation sites excluding steroid dienone is 1. The van der Waals surface area contributed by atoms with Crippen molar-refractivity contribution < 1.29 is 15.0 Å². The molecule has 0 spiro atoms. The summed E-state index contributed by atoms with van der Waals surface area (Å²) in [6.45, 7) is 4.37. The zero-order valence-corrected chi connectivity index (χ0v) is 52.6. The summed E-state index contributed by atoms with van der Waals surface area (Å²) < 4.78 is 0. The lowest BCUT2D eigenvalue weighted by Gasteiger charge is -2.20. The van der Waals surface area contributed by atoms with Gasteiger partial charge in [-0.2, -0.15) is 0 Å². The molecule has 1 amide bonds. The molecule has 76 heavy (non-hydrogen) atoms. The van der Waals surface area contributed by atoms with Crippen molar-refractivity contribution >= 4 is 5.91 Å². The predicted octanol–water partition coefficient (Wildman–Crippen LogP) is 24.4. The molecule has 454 valence electrons. The van der Waals surface area contributed by atoms with Crippen molar-refractivity contribution in [2.45, 2.75) is 437 Å². The fourth-order valence-electron chi connectivity index (χ4n) is 11.8. The molecule has 0 aliphatic carbocycles. The molecule has 0 saturated heterocycles. The molecule has 0 aromatic heterocycles. The fraction of sp³-hybridized carbons (Fsp3) is 0.958. The lowest BCUT2D eigenvalue weighted by atomic mass is 10.0. The number of unbranched alkanes of at least 4 members (excludes halogenated alkanes) is 61. The second kappa shape index (κ2) is 68.4. The van der Waals surface area contributed by atoms with E-state index >= 15 is 0 Å². The molecule has 0 aliphatic heterocycles. The second-order valence-corrected chi connectivity index (χ2v) is 25.0. The minimum Gasteiger partial charge on any atom is -0.394 e. The molecule has 4 nitrogen and oxygen atoms in total. The number of aliphatic hydroxyl groups excluding tert-OH is 2. The van der Waals surface area contributed by atoms with E-state index in [1.54, 1.807) is 6.08 Å². The van der Waals surface area contributed by atoms with Gasteiger partial charge in [0.15, 0.2) is 0 Å². The van der Waals surface area contributed by atoms with Crippen molar-refractivity contribution in [2.75, 3.05) is 6.61 Å². The summed E-state index contributed by atoms with van der Waals surface area (Å²) in [7, 11) is 0. The van der Waals surface area contributed by atoms with Crippen LogP contribution in [0.3, 0.4) is 0 Å². The maximum Gasteiger partial charge on any atom is 0.220 e. The molecule has 0 aromatic carbocycles. The number of carbonyl (C=O) groups is 1. The minimum atomic E-state index is -0.837. The SMILES string of the molecule is CCCCCCCCCCCCCCCCCCCCCCCCCC/C=C/C(O)C(CO)NC(=O)CCCCCCCCCCCCCCCCCCCCCCCCCCCCCCCCCCCCCCCC. The van der Waals surface area contributed by atoms with Crippen LogP contribution < -0.4 is 5.32 Å². The highest BCUT2D eigenvalue weighted by Crippen LogP contribution is 2.20. The summed E-state index contributed by atoms with van der Waals surface area (Å²) in [6.07, 6.45) is 91.8. The highest BCUT2D eigenvalue weighted by Gasteiger charge is 2.18. The molecular weight excluding hydrogens is 927 g/mol. The first kappa shape index (κ1) is 75.1. The molecule has 0 aliphatic rings. The molecule has 0 radical (unpaired) electrons. The third-order valence-corrected chi connectivity index (χ3v) is 17.3. The number of hydrogen-bond donors (Lipinski definition) is 3. The molecule has 0 saturated carbocycles. The third-order valence-electron chi connectivity index (χ3n) is 17.3. The van der Waals surface area contributed by atoms with Gasteiger partial charge in [-0.1, -0.05) is 411 Å². The molecular formula is C72H143NO3. The minimum absolute atomic E-state index is 0.0528. The highest BCUT2D eigenvalue weighted by molar-refractivity contribution is 5.76. The third kappa shape index (κ3) is 64.0. The molecule has 2 atom stereocenters. The van der Waals surface area contributed by atoms with Crippen molar-refractivity contribution in [1.82, 2.24) is 5.32 Å². The summed E-state index contributed by atoms with van der Waals surface area (Å²) in [6, 6.07) is -0.620. The van der Waals surface area contributed by atoms with Crippen molar-refractivity contribution in [3.63, 3.8) is 0 Å². The molecule has 4 heteroatoms. The maximum absolute atomic E-state index is 12.5. The molecule has 0 rings (SSSR count). The van der Waals surface area contributed by atoms with E-state index in [9.17, 15) is 15.0 Å². The molecule has 3 N–H and O–H groups in total. The zero-order valence-electron chi connectivity index (χ0n) is 52.6. The molecule has 0 bridgehead atoms. The predicted molar refractivity (Wildman–Crippen MR) is 341 cm³/mol. The summed E-state index contributed by atoms with van der Waals surface area (Å²) in [5.74, 6) is -0.0528. The maximum atomic E-state index is 12.5. The first-order valence-corrected chi connectivity index (χ1v) is 35.9. The number of hydrogen-bond acceptors (Lipinski definition) is 3. The largest absolute Gasteiger partial charge is 0.394 e. The van der Waals surface area contributed by atoms with Crippen molar-refractivity contribution in [3.05, 3.63) is 12.2 Å². The fourth-order valence-corrected chi connectivity index (χ4v) is 11.8. The van der Waals surface area contributed by atoms with Crippen LogP contribution in [-0.2, 0) is 4.79 Å². The van der Waals surface area contributed by atoms with Crippen LogP contribution in [0, 0.1) is 0 Å². The van der Waals surface area contributed by atoms with Gasteiger partial charge < -0.3 is 15.5 Å². The normalized spacial score (nSPS) is 12.6. The number of nitrogens with one attached hydrogen (secondary N) is 1. The van der Waals surface area contributed by atoms with Gasteiger partial charge in [-0.3, -0.25) is 4.79 Å². The van der Waals surface area contributed by atoms with E-state index in [1.807, 2.05) is 6.08 Å². The highest BCUT2D eigenvalue weighted by atomic mass is 16.3. The molecule has 0 aromatic rings. The lowest BCUT2D eigenvalue weighted by molar-refractivity contribution is -0.123. The summed E-state index contributed by atoms with van der Waals surface area (Å²) in [5.41, 5.74) is 0. The number of rotatable bonds is 68. The van der Waals surface area contributed by atoms with Crippen molar-refractivity contribution in [1.29, 1.82) is 0 Å². The Hall–Kier alpha value is -0.870. The van der Waals surface area contributed by atoms with Gasteiger partial charge in [0.1, 0.15) is 0 Å². The van der Waals surface area contributed by atoms with Crippen LogP contribution >= 0.6 is 0 Å². The van der Waals surface area contributed by atoms with Gasteiger partial charge in [-0.15, -0.1) is 0 Å². The first-order chi connectivity index (χ1) is 37.7. The van der Waals surface area contributed by atoms with E-state index < -0.39 is 12.1 Å². The molecule has 0 heterocycles. The van der Waals surface area contributed by atoms with Gasteiger partial charge in [0.25, 0.3) is 0 Å². The smallest absolute Gasteiger partial charge is 0.220 e. The van der Waals surface area contributed by atoms with Gasteiger partial charge in [0, 0.05) is 6.42 Å². The quantitative estimate of drug-likeness (QED) is 0.0420. The van der Waals surface area contributed by atoms with E-state index in [1.165, 1.54) is 379 Å². The monoisotopic (exact) mass is 1070 g/mol. The van der Waals surface area contributed by atoms with Gasteiger partial charge in [0.05, 0.1) is 18.8 Å². The Morgan fingerprint density at radius 2 is 0.487 bits per heavy atom. The standard InChI is InChI=1S/C72H143NO3/c1-3-5-7-9-11-13-15-17-19-21-23-25-27-29-31-32-33-34-35-36-37-38-39-40-41-42-44-46-48-50-52-54-56-58-60-62-64-66-68-72(76)73-70(69-74)71(75)67-65-63-61-59-57-55-53-51-49-47-45-43-30-28-26-24-22-20-18-16-14-12-10-8-6-4-2/h65,67,70-71,74-75H,3-64,66,68-69H2,1-2H3,(H,73,76)/b67-65+. The molecule has 0 fully saturated rings. The number of carbonyl (C=O) groups excluding carboxylic acids is 1. The molecule has 2 unspecified atom stereocenters. The van der Waals surface area contributed by atoms with Crippen LogP contribution in [0.15, 0.2) is 12.2 Å². The Balaban J connectivity index is 3.37. The summed E-state index contributed by atoms with van der Waals surface area (Å²) in [4.78, 5) is 12.5. The van der Waals surface area contributed by atoms with E-state index in [0.717, 1.165) is 25.7 Å². The van der Waals surface area contributed by atoms with Crippen LogP contribution in [0.4, 0.5) is 0 Å². The Morgan fingerprint density at radius 3 is 0.684 bits per heavy atom. The van der Waals surface area contributed by atoms with Gasteiger partial charge in [0.2, 0.25) is 5.91 Å². The van der Waals surface area contributed by atoms with Crippen LogP contribution in [0.1, 0.15) is 425 Å². The van der Waals surface area contributed by atoms with Gasteiger partial charge in [-0.25, -0.2) is 0 Å². The lowest BCUT2D eigenvalue weighted by Crippen LogP contribution is -2.45. The Bertz CT molecular complexity index is 1080. The average Bonchev–Trinajstić information content (AvgIpc) is 3.42. The van der Waals surface area contributed by atoms with E-state index in [4.69, 9.17) is 0 Å². The topological polar surface area (TPSA) is 69.6 Å². The van der Waals surface area contributed by atoms with Crippen molar-refractivity contribution in [3.8, 4) is 0 Å². The van der Waals surface area contributed by atoms with Crippen LogP contribution in [0.2, 0.25) is 0 Å². The van der Waals surface area contributed by atoms with E-state index in [-0.39, 0.29) is 12.5 Å². The number of amides is 1.